The molecule has 19 heavy (non-hydrogen) atoms. The van der Waals surface area contributed by atoms with Crippen LogP contribution < -0.4 is 15.5 Å². The van der Waals surface area contributed by atoms with Crippen LogP contribution in [0.5, 0.6) is 0 Å². The van der Waals surface area contributed by atoms with Gasteiger partial charge in [-0.3, -0.25) is 4.79 Å². The molecule has 1 aromatic rings. The molecule has 0 radical (unpaired) electrons. The molecule has 0 saturated carbocycles. The number of carbonyl (C=O) groups excluding carboxylic acids is 1. The van der Waals surface area contributed by atoms with Gasteiger partial charge in [-0.2, -0.15) is 0 Å². The number of hydrogen-bond donors (Lipinski definition) is 2. The lowest BCUT2D eigenvalue weighted by Gasteiger charge is -2.21. The summed E-state index contributed by atoms with van der Waals surface area (Å²) in [5.41, 5.74) is 1.19. The van der Waals surface area contributed by atoms with Crippen molar-refractivity contribution in [2.75, 3.05) is 31.1 Å². The van der Waals surface area contributed by atoms with E-state index in [1.807, 2.05) is 12.3 Å². The first-order valence-corrected chi connectivity index (χ1v) is 6.91. The zero-order chi connectivity index (χ0) is 13.7. The summed E-state index contributed by atoms with van der Waals surface area (Å²) in [6.07, 6.45) is 2.46. The fourth-order valence-corrected chi connectivity index (χ4v) is 2.26. The van der Waals surface area contributed by atoms with Crippen molar-refractivity contribution < 1.29 is 4.79 Å². The molecular weight excluding hydrogens is 240 g/mol. The van der Waals surface area contributed by atoms with Gasteiger partial charge in [-0.25, -0.2) is 4.98 Å². The van der Waals surface area contributed by atoms with Crippen LogP contribution in [0.1, 0.15) is 31.9 Å². The minimum Gasteiger partial charge on any atom is -0.354 e. The van der Waals surface area contributed by atoms with Crippen molar-refractivity contribution in [3.63, 3.8) is 0 Å². The first-order valence-electron chi connectivity index (χ1n) is 6.91. The third kappa shape index (κ3) is 3.67. The van der Waals surface area contributed by atoms with Gasteiger partial charge in [0, 0.05) is 38.3 Å². The van der Waals surface area contributed by atoms with E-state index in [1.165, 1.54) is 5.56 Å². The van der Waals surface area contributed by atoms with E-state index < -0.39 is 0 Å². The minimum absolute atomic E-state index is 0.125. The lowest BCUT2D eigenvalue weighted by atomic mass is 10.1. The molecule has 2 rings (SSSR count). The molecule has 2 N–H and O–H groups in total. The number of nitrogens with one attached hydrogen (secondary N) is 2. The first-order chi connectivity index (χ1) is 9.20. The molecule has 5 heteroatoms. The molecule has 1 fully saturated rings. The fraction of sp³-hybridized carbons (Fsp3) is 0.571. The Morgan fingerprint density at radius 3 is 3.00 bits per heavy atom. The number of hydrogen-bond acceptors (Lipinski definition) is 4. The van der Waals surface area contributed by atoms with Gasteiger partial charge in [0.25, 0.3) is 0 Å². The average Bonchev–Trinajstić information content (AvgIpc) is 2.64. The van der Waals surface area contributed by atoms with E-state index in [4.69, 9.17) is 0 Å². The van der Waals surface area contributed by atoms with Crippen molar-refractivity contribution >= 4 is 11.7 Å². The van der Waals surface area contributed by atoms with Crippen molar-refractivity contribution in [1.29, 1.82) is 0 Å². The third-order valence-electron chi connectivity index (χ3n) is 3.42. The quantitative estimate of drug-likeness (QED) is 0.852. The van der Waals surface area contributed by atoms with Crippen molar-refractivity contribution in [2.45, 2.75) is 26.3 Å². The van der Waals surface area contributed by atoms with Gasteiger partial charge >= 0.3 is 0 Å². The second-order valence-corrected chi connectivity index (χ2v) is 4.82. The molecule has 5 nitrogen and oxygen atoms in total. The molecule has 2 heterocycles. The molecule has 0 spiro atoms. The van der Waals surface area contributed by atoms with Gasteiger partial charge < -0.3 is 15.5 Å². The second-order valence-electron chi connectivity index (χ2n) is 4.82. The molecule has 1 aromatic heterocycles. The van der Waals surface area contributed by atoms with Crippen LogP contribution in [-0.2, 0) is 4.79 Å². The summed E-state index contributed by atoms with van der Waals surface area (Å²) in [6, 6.07) is 4.47. The Morgan fingerprint density at radius 2 is 2.32 bits per heavy atom. The Labute approximate surface area is 114 Å². The molecular formula is C14H22N4O. The number of anilines is 1. The molecule has 1 atom stereocenters. The van der Waals surface area contributed by atoms with Crippen LogP contribution in [0.3, 0.4) is 0 Å². The predicted molar refractivity (Wildman–Crippen MR) is 76.2 cm³/mol. The van der Waals surface area contributed by atoms with Crippen molar-refractivity contribution in [2.24, 2.45) is 0 Å². The van der Waals surface area contributed by atoms with Crippen LogP contribution >= 0.6 is 0 Å². The molecule has 1 aliphatic heterocycles. The van der Waals surface area contributed by atoms with E-state index in [1.54, 1.807) is 0 Å². The average molecular weight is 262 g/mol. The van der Waals surface area contributed by atoms with Gasteiger partial charge in [0.05, 0.1) is 0 Å². The summed E-state index contributed by atoms with van der Waals surface area (Å²) in [6.45, 7) is 7.43. The summed E-state index contributed by atoms with van der Waals surface area (Å²) in [4.78, 5) is 18.0. The highest BCUT2D eigenvalue weighted by atomic mass is 16.1. The number of pyridine rings is 1. The van der Waals surface area contributed by atoms with E-state index in [0.29, 0.717) is 19.0 Å². The SMILES string of the molecule is CCNC(C)c1ccc(N2CCNC(=O)CC2)nc1. The number of amides is 1. The van der Waals surface area contributed by atoms with Crippen LogP contribution in [0.25, 0.3) is 0 Å². The highest BCUT2D eigenvalue weighted by Crippen LogP contribution is 2.16. The van der Waals surface area contributed by atoms with Crippen LogP contribution in [0, 0.1) is 0 Å². The summed E-state index contributed by atoms with van der Waals surface area (Å²) in [5.74, 6) is 1.07. The van der Waals surface area contributed by atoms with E-state index in [2.05, 4.69) is 40.4 Å². The van der Waals surface area contributed by atoms with Gasteiger partial charge in [0.15, 0.2) is 0 Å². The van der Waals surface area contributed by atoms with Crippen LogP contribution in [0.2, 0.25) is 0 Å². The predicted octanol–water partition coefficient (Wildman–Crippen LogP) is 1.08. The lowest BCUT2D eigenvalue weighted by molar-refractivity contribution is -0.120. The molecule has 1 aliphatic rings. The van der Waals surface area contributed by atoms with Gasteiger partial charge in [-0.15, -0.1) is 0 Å². The monoisotopic (exact) mass is 262 g/mol. The van der Waals surface area contributed by atoms with E-state index in [-0.39, 0.29) is 5.91 Å². The van der Waals surface area contributed by atoms with Crippen LogP contribution in [0.15, 0.2) is 18.3 Å². The first kappa shape index (κ1) is 13.8. The van der Waals surface area contributed by atoms with Crippen LogP contribution in [0.4, 0.5) is 5.82 Å². The third-order valence-corrected chi connectivity index (χ3v) is 3.42. The highest BCUT2D eigenvalue weighted by Gasteiger charge is 2.15. The van der Waals surface area contributed by atoms with E-state index in [0.717, 1.165) is 25.5 Å². The Balaban J connectivity index is 2.03. The zero-order valence-corrected chi connectivity index (χ0v) is 11.6. The maximum Gasteiger partial charge on any atom is 0.221 e. The minimum atomic E-state index is 0.125. The summed E-state index contributed by atoms with van der Waals surface area (Å²) in [7, 11) is 0. The Kier molecular flexibility index (Phi) is 4.74. The maximum atomic E-state index is 11.3. The van der Waals surface area contributed by atoms with Gasteiger partial charge in [0.2, 0.25) is 5.91 Å². The van der Waals surface area contributed by atoms with E-state index in [9.17, 15) is 4.79 Å². The van der Waals surface area contributed by atoms with Gasteiger partial charge in [-0.1, -0.05) is 13.0 Å². The largest absolute Gasteiger partial charge is 0.354 e. The smallest absolute Gasteiger partial charge is 0.221 e. The molecule has 0 aromatic carbocycles. The van der Waals surface area contributed by atoms with Crippen molar-refractivity contribution in [1.82, 2.24) is 15.6 Å². The summed E-state index contributed by atoms with van der Waals surface area (Å²) < 4.78 is 0. The molecule has 0 bridgehead atoms. The number of carbonyl (C=O) groups is 1. The molecule has 0 aliphatic carbocycles. The summed E-state index contributed by atoms with van der Waals surface area (Å²) in [5, 5.41) is 6.24. The molecule has 104 valence electrons. The Bertz CT molecular complexity index is 418. The highest BCUT2D eigenvalue weighted by molar-refractivity contribution is 5.77. The number of aromatic nitrogens is 1. The summed E-state index contributed by atoms with van der Waals surface area (Å²) >= 11 is 0. The van der Waals surface area contributed by atoms with Gasteiger partial charge in [-0.05, 0) is 25.1 Å². The fourth-order valence-electron chi connectivity index (χ4n) is 2.26. The zero-order valence-electron chi connectivity index (χ0n) is 11.6. The molecule has 1 saturated heterocycles. The van der Waals surface area contributed by atoms with E-state index >= 15 is 0 Å². The Hall–Kier alpha value is -1.62. The second kappa shape index (κ2) is 6.52. The maximum absolute atomic E-state index is 11.3. The Morgan fingerprint density at radius 1 is 1.47 bits per heavy atom. The lowest BCUT2D eigenvalue weighted by Crippen LogP contribution is -2.29. The normalized spacial score (nSPS) is 17.8. The van der Waals surface area contributed by atoms with Gasteiger partial charge in [0.1, 0.15) is 5.82 Å². The topological polar surface area (TPSA) is 57.3 Å². The number of nitrogens with zero attached hydrogens (tertiary/aromatic N) is 2. The molecule has 1 amide bonds. The standard InChI is InChI=1S/C14H22N4O/c1-3-15-11(2)12-4-5-13(17-10-12)18-8-6-14(19)16-7-9-18/h4-5,10-11,15H,3,6-9H2,1-2H3,(H,16,19). The van der Waals surface area contributed by atoms with Crippen molar-refractivity contribution in [3.05, 3.63) is 23.9 Å². The van der Waals surface area contributed by atoms with Crippen molar-refractivity contribution in [3.8, 4) is 0 Å². The molecule has 1 unspecified atom stereocenters. The van der Waals surface area contributed by atoms with Crippen LogP contribution in [-0.4, -0.2) is 37.1 Å². The number of rotatable bonds is 4.